The molecule has 0 radical (unpaired) electrons. The van der Waals surface area contributed by atoms with Crippen molar-refractivity contribution in [3.8, 4) is 0 Å². The summed E-state index contributed by atoms with van der Waals surface area (Å²) in [6.45, 7) is 1.81. The third-order valence-corrected chi connectivity index (χ3v) is 2.50. The highest BCUT2D eigenvalue weighted by Crippen LogP contribution is 2.22. The van der Waals surface area contributed by atoms with E-state index in [9.17, 15) is 13.2 Å². The molecule has 19 heavy (non-hydrogen) atoms. The summed E-state index contributed by atoms with van der Waals surface area (Å²) in [6.07, 6.45) is -3.57. The Hall–Kier alpha value is -1.57. The molecule has 0 aliphatic carbocycles. The maximum Gasteiger partial charge on any atom is 0.390 e. The van der Waals surface area contributed by atoms with Gasteiger partial charge in [-0.2, -0.15) is 13.2 Å². The zero-order valence-corrected chi connectivity index (χ0v) is 11.0. The maximum absolute atomic E-state index is 12.2. The van der Waals surface area contributed by atoms with Gasteiger partial charge in [0.25, 0.3) is 0 Å². The van der Waals surface area contributed by atoms with Gasteiger partial charge in [-0.1, -0.05) is 6.92 Å². The molecule has 5 nitrogen and oxygen atoms in total. The van der Waals surface area contributed by atoms with E-state index in [1.54, 1.807) is 7.05 Å². The predicted molar refractivity (Wildman–Crippen MR) is 67.8 cm³/mol. The van der Waals surface area contributed by atoms with Crippen LogP contribution in [0.2, 0.25) is 0 Å². The zero-order chi connectivity index (χ0) is 14.5. The second-order valence-corrected chi connectivity index (χ2v) is 4.21. The molecule has 1 rings (SSSR count). The van der Waals surface area contributed by atoms with Gasteiger partial charge in [0.1, 0.15) is 17.5 Å². The lowest BCUT2D eigenvalue weighted by atomic mass is 10.3. The highest BCUT2D eigenvalue weighted by atomic mass is 19.4. The molecule has 0 aliphatic rings. The summed E-state index contributed by atoms with van der Waals surface area (Å²) in [7, 11) is 1.56. The summed E-state index contributed by atoms with van der Waals surface area (Å²) in [4.78, 5) is 9.80. The number of aryl methyl sites for hydroxylation is 1. The molecule has 1 aromatic heterocycles. The molecule has 108 valence electrons. The van der Waals surface area contributed by atoms with E-state index in [0.717, 1.165) is 6.42 Å². The van der Waals surface area contributed by atoms with Gasteiger partial charge in [0.15, 0.2) is 0 Å². The predicted octanol–water partition coefficient (Wildman–Crippen LogP) is 2.10. The van der Waals surface area contributed by atoms with E-state index < -0.39 is 12.6 Å². The van der Waals surface area contributed by atoms with Crippen LogP contribution in [0, 0.1) is 0 Å². The van der Waals surface area contributed by atoms with Crippen LogP contribution in [0.25, 0.3) is 0 Å². The van der Waals surface area contributed by atoms with E-state index in [1.807, 2.05) is 6.92 Å². The first kappa shape index (κ1) is 15.5. The second kappa shape index (κ2) is 6.55. The van der Waals surface area contributed by atoms with Crippen molar-refractivity contribution in [2.45, 2.75) is 32.4 Å². The Labute approximate surface area is 110 Å². The molecule has 0 unspecified atom stereocenters. The lowest BCUT2D eigenvalue weighted by Gasteiger charge is -2.20. The highest BCUT2D eigenvalue weighted by Gasteiger charge is 2.27. The van der Waals surface area contributed by atoms with Crippen molar-refractivity contribution in [3.05, 3.63) is 11.9 Å². The van der Waals surface area contributed by atoms with Gasteiger partial charge in [-0.15, -0.1) is 0 Å². The number of nitrogens with two attached hydrogens (primary N) is 1. The number of hydrogen-bond donors (Lipinski definition) is 2. The van der Waals surface area contributed by atoms with E-state index >= 15 is 0 Å². The first-order chi connectivity index (χ1) is 8.85. The molecule has 0 aromatic carbocycles. The first-order valence-corrected chi connectivity index (χ1v) is 5.98. The van der Waals surface area contributed by atoms with Crippen molar-refractivity contribution in [1.29, 1.82) is 0 Å². The van der Waals surface area contributed by atoms with Crippen molar-refractivity contribution in [2.75, 3.05) is 23.9 Å². The fraction of sp³-hybridized carbons (Fsp3) is 0.636. The molecule has 1 aromatic rings. The summed E-state index contributed by atoms with van der Waals surface area (Å²) < 4.78 is 36.6. The smallest absolute Gasteiger partial charge is 0.359 e. The first-order valence-electron chi connectivity index (χ1n) is 5.98. The van der Waals surface area contributed by atoms with Crippen LogP contribution in [-0.4, -0.2) is 29.7 Å². The number of rotatable bonds is 6. The second-order valence-electron chi connectivity index (χ2n) is 4.21. The summed E-state index contributed by atoms with van der Waals surface area (Å²) in [5.74, 6) is 6.67. The van der Waals surface area contributed by atoms with Crippen LogP contribution in [0.3, 0.4) is 0 Å². The number of halogens is 3. The Morgan fingerprint density at radius 1 is 1.37 bits per heavy atom. The third kappa shape index (κ3) is 5.29. The minimum Gasteiger partial charge on any atom is -0.359 e. The SMILES string of the molecule is CCCc1nc(NN)cc(N(C)CCC(F)(F)F)n1. The molecule has 0 atom stereocenters. The molecule has 0 amide bonds. The van der Waals surface area contributed by atoms with E-state index in [2.05, 4.69) is 15.4 Å². The molecule has 0 bridgehead atoms. The van der Waals surface area contributed by atoms with Gasteiger partial charge < -0.3 is 10.3 Å². The number of hydrazine groups is 1. The number of nitrogens with zero attached hydrogens (tertiary/aromatic N) is 3. The van der Waals surface area contributed by atoms with Gasteiger partial charge in [0, 0.05) is 26.1 Å². The maximum atomic E-state index is 12.2. The molecule has 0 spiro atoms. The molecule has 0 saturated carbocycles. The quantitative estimate of drug-likeness (QED) is 0.615. The average molecular weight is 277 g/mol. The third-order valence-electron chi connectivity index (χ3n) is 2.50. The van der Waals surface area contributed by atoms with E-state index in [4.69, 9.17) is 5.84 Å². The van der Waals surface area contributed by atoms with E-state index in [0.29, 0.717) is 23.9 Å². The summed E-state index contributed by atoms with van der Waals surface area (Å²) >= 11 is 0. The summed E-state index contributed by atoms with van der Waals surface area (Å²) in [6, 6.07) is 1.52. The van der Waals surface area contributed by atoms with Crippen LogP contribution in [-0.2, 0) is 6.42 Å². The van der Waals surface area contributed by atoms with Crippen LogP contribution in [0.1, 0.15) is 25.6 Å². The normalized spacial score (nSPS) is 11.5. The Bertz CT molecular complexity index is 408. The van der Waals surface area contributed by atoms with Crippen molar-refractivity contribution >= 4 is 11.6 Å². The Balaban J connectivity index is 2.82. The lowest BCUT2D eigenvalue weighted by molar-refractivity contribution is -0.132. The number of hydrogen-bond acceptors (Lipinski definition) is 5. The van der Waals surface area contributed by atoms with Crippen LogP contribution >= 0.6 is 0 Å². The van der Waals surface area contributed by atoms with Crippen LogP contribution in [0.4, 0.5) is 24.8 Å². The van der Waals surface area contributed by atoms with Crippen LogP contribution < -0.4 is 16.2 Å². The average Bonchev–Trinajstić information content (AvgIpc) is 2.35. The molecule has 3 N–H and O–H groups in total. The van der Waals surface area contributed by atoms with Crippen LogP contribution in [0.5, 0.6) is 0 Å². The number of aromatic nitrogens is 2. The van der Waals surface area contributed by atoms with Gasteiger partial charge in [-0.25, -0.2) is 15.8 Å². The van der Waals surface area contributed by atoms with E-state index in [1.165, 1.54) is 11.0 Å². The Kier molecular flexibility index (Phi) is 5.34. The van der Waals surface area contributed by atoms with Gasteiger partial charge in [-0.3, -0.25) is 0 Å². The number of nitrogens with one attached hydrogen (secondary N) is 1. The number of alkyl halides is 3. The molecule has 0 aliphatic heterocycles. The fourth-order valence-electron chi connectivity index (χ4n) is 1.50. The molecular weight excluding hydrogens is 259 g/mol. The molecule has 0 fully saturated rings. The van der Waals surface area contributed by atoms with Crippen LogP contribution in [0.15, 0.2) is 6.07 Å². The lowest BCUT2D eigenvalue weighted by Crippen LogP contribution is -2.25. The highest BCUT2D eigenvalue weighted by molar-refractivity contribution is 5.48. The number of anilines is 2. The number of nitrogen functional groups attached to an aromatic ring is 1. The Morgan fingerprint density at radius 2 is 2.05 bits per heavy atom. The Morgan fingerprint density at radius 3 is 2.58 bits per heavy atom. The van der Waals surface area contributed by atoms with Crippen molar-refractivity contribution in [1.82, 2.24) is 9.97 Å². The van der Waals surface area contributed by atoms with Crippen molar-refractivity contribution in [3.63, 3.8) is 0 Å². The summed E-state index contributed by atoms with van der Waals surface area (Å²) in [5, 5.41) is 0. The monoisotopic (exact) mass is 277 g/mol. The largest absolute Gasteiger partial charge is 0.390 e. The fourth-order valence-corrected chi connectivity index (χ4v) is 1.50. The summed E-state index contributed by atoms with van der Waals surface area (Å²) in [5.41, 5.74) is 2.39. The molecule has 8 heteroatoms. The van der Waals surface area contributed by atoms with Gasteiger partial charge in [0.2, 0.25) is 0 Å². The molecular formula is C11H18F3N5. The van der Waals surface area contributed by atoms with Gasteiger partial charge in [-0.05, 0) is 6.42 Å². The molecule has 1 heterocycles. The van der Waals surface area contributed by atoms with Gasteiger partial charge in [0.05, 0.1) is 6.42 Å². The van der Waals surface area contributed by atoms with E-state index in [-0.39, 0.29) is 6.54 Å². The van der Waals surface area contributed by atoms with Crippen molar-refractivity contribution in [2.24, 2.45) is 5.84 Å². The topological polar surface area (TPSA) is 67.1 Å². The minimum absolute atomic E-state index is 0.157. The molecule has 0 saturated heterocycles. The standard InChI is InChI=1S/C11H18F3N5/c1-3-4-8-16-9(18-15)7-10(17-8)19(2)6-5-11(12,13)14/h7H,3-6,15H2,1-2H3,(H,16,17,18). The minimum atomic E-state index is -4.18. The zero-order valence-electron chi connectivity index (χ0n) is 11.0. The van der Waals surface area contributed by atoms with Crippen molar-refractivity contribution < 1.29 is 13.2 Å². The van der Waals surface area contributed by atoms with Gasteiger partial charge >= 0.3 is 6.18 Å².